The Bertz CT molecular complexity index is 1140. The molecule has 0 aliphatic carbocycles. The summed E-state index contributed by atoms with van der Waals surface area (Å²) in [6, 6.07) is 12.0. The van der Waals surface area contributed by atoms with Gasteiger partial charge in [0.2, 0.25) is 5.91 Å². The van der Waals surface area contributed by atoms with Crippen molar-refractivity contribution in [3.63, 3.8) is 0 Å². The van der Waals surface area contributed by atoms with Crippen LogP contribution in [0, 0.1) is 0 Å². The van der Waals surface area contributed by atoms with Crippen molar-refractivity contribution in [1.82, 2.24) is 24.3 Å². The van der Waals surface area contributed by atoms with E-state index >= 15 is 0 Å². The van der Waals surface area contributed by atoms with Gasteiger partial charge in [0.15, 0.2) is 0 Å². The third-order valence-electron chi connectivity index (χ3n) is 7.28. The number of nitrogens with zero attached hydrogens (tertiary/aromatic N) is 4. The molecule has 1 aromatic carbocycles. The molecule has 2 fully saturated rings. The molecule has 0 radical (unpaired) electrons. The van der Waals surface area contributed by atoms with E-state index < -0.39 is 6.04 Å². The van der Waals surface area contributed by atoms with E-state index in [1.54, 1.807) is 12.4 Å². The molecule has 2 aromatic heterocycles. The third-order valence-corrected chi connectivity index (χ3v) is 7.28. The Kier molecular flexibility index (Phi) is 6.28. The van der Waals surface area contributed by atoms with Crippen molar-refractivity contribution in [2.24, 2.45) is 5.73 Å². The molecule has 33 heavy (non-hydrogen) atoms. The minimum Gasteiger partial charge on any atom is -0.341 e. The van der Waals surface area contributed by atoms with Crippen LogP contribution in [0.2, 0.25) is 0 Å². The number of carbonyl (C=O) groups is 1. The van der Waals surface area contributed by atoms with E-state index in [1.165, 1.54) is 0 Å². The van der Waals surface area contributed by atoms with Gasteiger partial charge in [0.25, 0.3) is 0 Å². The molecule has 4 heterocycles. The highest BCUT2D eigenvalue weighted by atomic mass is 16.2. The Morgan fingerprint density at radius 1 is 1.03 bits per heavy atom. The average molecular weight is 449 g/mol. The van der Waals surface area contributed by atoms with Crippen LogP contribution < -0.4 is 11.4 Å². The van der Waals surface area contributed by atoms with Gasteiger partial charge < -0.3 is 20.5 Å². The van der Waals surface area contributed by atoms with Gasteiger partial charge in [0, 0.05) is 50.7 Å². The van der Waals surface area contributed by atoms with Crippen molar-refractivity contribution in [2.75, 3.05) is 26.2 Å². The molecule has 8 nitrogen and oxygen atoms in total. The standard InChI is InChI=1S/C25H32N6O2/c26-21(16-18-4-3-11-27-17-18)24(32)30-14-7-19(8-15-30)29-12-9-20(10-13-29)31-23-6-2-1-5-22(23)28-25(31)33/h1-6,11,17,19-21H,7-10,12-16,26H2,(H,28,33)/t21-/m0/s1. The number of H-pyrrole nitrogens is 1. The first kappa shape index (κ1) is 21.9. The number of benzene rings is 1. The van der Waals surface area contributed by atoms with Crippen LogP contribution in [-0.4, -0.2) is 68.5 Å². The molecule has 2 aliphatic rings. The number of aromatic nitrogens is 3. The summed E-state index contributed by atoms with van der Waals surface area (Å²) >= 11 is 0. The van der Waals surface area contributed by atoms with Gasteiger partial charge in [-0.25, -0.2) is 4.79 Å². The maximum atomic E-state index is 12.8. The summed E-state index contributed by atoms with van der Waals surface area (Å²) in [6.45, 7) is 3.48. The van der Waals surface area contributed by atoms with Crippen LogP contribution in [-0.2, 0) is 11.2 Å². The Morgan fingerprint density at radius 3 is 2.48 bits per heavy atom. The van der Waals surface area contributed by atoms with Crippen molar-refractivity contribution in [1.29, 1.82) is 0 Å². The smallest absolute Gasteiger partial charge is 0.326 e. The van der Waals surface area contributed by atoms with Crippen LogP contribution >= 0.6 is 0 Å². The second-order valence-electron chi connectivity index (χ2n) is 9.31. The summed E-state index contributed by atoms with van der Waals surface area (Å²) in [7, 11) is 0. The molecule has 8 heteroatoms. The maximum absolute atomic E-state index is 12.8. The number of fused-ring (bicyclic) bond motifs is 1. The predicted molar refractivity (Wildman–Crippen MR) is 128 cm³/mol. The molecule has 0 saturated carbocycles. The van der Waals surface area contributed by atoms with Crippen molar-refractivity contribution >= 4 is 16.9 Å². The topological polar surface area (TPSA) is 100 Å². The van der Waals surface area contributed by atoms with Gasteiger partial charge in [-0.15, -0.1) is 0 Å². The highest BCUT2D eigenvalue weighted by Gasteiger charge is 2.32. The minimum atomic E-state index is -0.518. The number of pyridine rings is 1. The van der Waals surface area contributed by atoms with Crippen LogP contribution in [0.5, 0.6) is 0 Å². The van der Waals surface area contributed by atoms with E-state index in [4.69, 9.17) is 5.73 Å². The van der Waals surface area contributed by atoms with E-state index in [0.717, 1.165) is 68.5 Å². The van der Waals surface area contributed by atoms with Crippen LogP contribution in [0.3, 0.4) is 0 Å². The van der Waals surface area contributed by atoms with Crippen molar-refractivity contribution in [3.05, 3.63) is 64.8 Å². The lowest BCUT2D eigenvalue weighted by molar-refractivity contribution is -0.134. The number of piperidine rings is 2. The fourth-order valence-electron chi connectivity index (χ4n) is 5.49. The van der Waals surface area contributed by atoms with E-state index in [9.17, 15) is 9.59 Å². The number of hydrogen-bond donors (Lipinski definition) is 2. The first-order chi connectivity index (χ1) is 16.1. The normalized spacial score (nSPS) is 19.7. The Labute approximate surface area is 193 Å². The molecular formula is C25H32N6O2. The molecule has 2 aliphatic heterocycles. The summed E-state index contributed by atoms with van der Waals surface area (Å²) < 4.78 is 1.94. The molecule has 0 unspecified atom stereocenters. The lowest BCUT2D eigenvalue weighted by Gasteiger charge is -2.42. The number of aromatic amines is 1. The number of likely N-dealkylation sites (tertiary alicyclic amines) is 2. The lowest BCUT2D eigenvalue weighted by atomic mass is 9.97. The highest BCUT2D eigenvalue weighted by Crippen LogP contribution is 2.28. The van der Waals surface area contributed by atoms with Crippen molar-refractivity contribution in [3.8, 4) is 0 Å². The number of hydrogen-bond acceptors (Lipinski definition) is 5. The zero-order chi connectivity index (χ0) is 22.8. The number of nitrogens with one attached hydrogen (secondary N) is 1. The van der Waals surface area contributed by atoms with E-state index in [2.05, 4.69) is 14.9 Å². The second kappa shape index (κ2) is 9.49. The summed E-state index contributed by atoms with van der Waals surface area (Å²) in [4.78, 5) is 36.9. The van der Waals surface area contributed by atoms with Crippen LogP contribution in [0.25, 0.3) is 11.0 Å². The monoisotopic (exact) mass is 448 g/mol. The number of amides is 1. The van der Waals surface area contributed by atoms with E-state index in [1.807, 2.05) is 45.9 Å². The second-order valence-corrected chi connectivity index (χ2v) is 9.31. The average Bonchev–Trinajstić information content (AvgIpc) is 3.20. The molecule has 1 atom stereocenters. The van der Waals surface area contributed by atoms with Crippen LogP contribution in [0.4, 0.5) is 0 Å². The zero-order valence-corrected chi connectivity index (χ0v) is 18.9. The number of carbonyl (C=O) groups excluding carboxylic acids is 1. The number of rotatable bonds is 5. The largest absolute Gasteiger partial charge is 0.341 e. The van der Waals surface area contributed by atoms with Gasteiger partial charge >= 0.3 is 5.69 Å². The molecule has 5 rings (SSSR count). The molecule has 3 aromatic rings. The number of imidazole rings is 1. The van der Waals surface area contributed by atoms with E-state index in [0.29, 0.717) is 12.5 Å². The van der Waals surface area contributed by atoms with Crippen molar-refractivity contribution < 1.29 is 4.79 Å². The number of para-hydroxylation sites is 2. The Balaban J connectivity index is 1.13. The highest BCUT2D eigenvalue weighted by molar-refractivity contribution is 5.82. The summed E-state index contributed by atoms with van der Waals surface area (Å²) in [5.41, 5.74) is 9.09. The van der Waals surface area contributed by atoms with Gasteiger partial charge in [-0.05, 0) is 55.9 Å². The molecule has 3 N–H and O–H groups in total. The molecule has 174 valence electrons. The van der Waals surface area contributed by atoms with E-state index in [-0.39, 0.29) is 17.6 Å². The van der Waals surface area contributed by atoms with Gasteiger partial charge in [0.05, 0.1) is 17.1 Å². The zero-order valence-electron chi connectivity index (χ0n) is 18.9. The fraction of sp³-hybridized carbons (Fsp3) is 0.480. The maximum Gasteiger partial charge on any atom is 0.326 e. The van der Waals surface area contributed by atoms with Crippen molar-refractivity contribution in [2.45, 2.75) is 50.2 Å². The van der Waals surface area contributed by atoms with Crippen LogP contribution in [0.1, 0.15) is 37.3 Å². The first-order valence-corrected chi connectivity index (χ1v) is 12.0. The molecule has 0 bridgehead atoms. The molecular weight excluding hydrogens is 416 g/mol. The minimum absolute atomic E-state index is 0.0101. The van der Waals surface area contributed by atoms with Gasteiger partial charge in [0.1, 0.15) is 0 Å². The van der Waals surface area contributed by atoms with Crippen LogP contribution in [0.15, 0.2) is 53.6 Å². The molecule has 2 saturated heterocycles. The Hall–Kier alpha value is -2.97. The third kappa shape index (κ3) is 4.58. The fourth-order valence-corrected chi connectivity index (χ4v) is 5.49. The van der Waals surface area contributed by atoms with Gasteiger partial charge in [-0.1, -0.05) is 18.2 Å². The first-order valence-electron chi connectivity index (χ1n) is 12.0. The molecule has 1 amide bonds. The Morgan fingerprint density at radius 2 is 1.76 bits per heavy atom. The van der Waals surface area contributed by atoms with Gasteiger partial charge in [-0.3, -0.25) is 14.3 Å². The SMILES string of the molecule is N[C@@H](Cc1cccnc1)C(=O)N1CCC(N2CCC(n3c(=O)[nH]c4ccccc43)CC2)CC1. The summed E-state index contributed by atoms with van der Waals surface area (Å²) in [5, 5.41) is 0. The van der Waals surface area contributed by atoms with Gasteiger partial charge in [-0.2, -0.15) is 0 Å². The number of nitrogens with two attached hydrogens (primary N) is 1. The summed E-state index contributed by atoms with van der Waals surface area (Å²) in [5.74, 6) is 0.0368. The predicted octanol–water partition coefficient (Wildman–Crippen LogP) is 1.92. The quantitative estimate of drug-likeness (QED) is 0.621. The lowest BCUT2D eigenvalue weighted by Crippen LogP contribution is -2.52. The summed E-state index contributed by atoms with van der Waals surface area (Å²) in [6.07, 6.45) is 7.91. The molecule has 0 spiro atoms.